The molecule has 5 heteroatoms. The average Bonchev–Trinajstić information content (AvgIpc) is 2.74. The van der Waals surface area contributed by atoms with Crippen molar-refractivity contribution in [2.24, 2.45) is 0 Å². The Kier molecular flexibility index (Phi) is 7.14. The summed E-state index contributed by atoms with van der Waals surface area (Å²) in [6, 6.07) is 14.1. The minimum absolute atomic E-state index is 0.00149. The maximum absolute atomic E-state index is 12.9. The van der Waals surface area contributed by atoms with Crippen molar-refractivity contribution < 1.29 is 9.59 Å². The van der Waals surface area contributed by atoms with Gasteiger partial charge in [0, 0.05) is 31.1 Å². The van der Waals surface area contributed by atoms with Gasteiger partial charge in [-0.05, 0) is 69.4 Å². The maximum atomic E-state index is 12.9. The van der Waals surface area contributed by atoms with Crippen molar-refractivity contribution in [2.75, 3.05) is 19.6 Å². The molecule has 0 radical (unpaired) electrons. The quantitative estimate of drug-likeness (QED) is 0.754. The van der Waals surface area contributed by atoms with E-state index in [4.69, 9.17) is 0 Å². The topological polar surface area (TPSA) is 61.4 Å². The van der Waals surface area contributed by atoms with Gasteiger partial charge in [-0.2, -0.15) is 0 Å². The minimum atomic E-state index is -0.0688. The zero-order valence-electron chi connectivity index (χ0n) is 18.5. The van der Waals surface area contributed by atoms with Crippen LogP contribution < -0.4 is 10.6 Å². The van der Waals surface area contributed by atoms with Gasteiger partial charge in [0.2, 0.25) is 0 Å². The molecular formula is C25H33N3O2. The second-order valence-corrected chi connectivity index (χ2v) is 8.30. The smallest absolute Gasteiger partial charge is 0.317 e. The fraction of sp³-hybridized carbons (Fsp3) is 0.440. The van der Waals surface area contributed by atoms with Crippen LogP contribution in [0.4, 0.5) is 4.79 Å². The molecule has 0 saturated carbocycles. The second kappa shape index (κ2) is 9.79. The molecule has 0 aromatic heterocycles. The van der Waals surface area contributed by atoms with Crippen LogP contribution in [0.5, 0.6) is 0 Å². The molecule has 0 aliphatic carbocycles. The number of benzene rings is 2. The fourth-order valence-corrected chi connectivity index (χ4v) is 4.30. The van der Waals surface area contributed by atoms with Crippen molar-refractivity contribution in [3.05, 3.63) is 70.3 Å². The third-order valence-corrected chi connectivity index (χ3v) is 5.90. The first kappa shape index (κ1) is 21.9. The van der Waals surface area contributed by atoms with E-state index in [1.165, 1.54) is 11.1 Å². The van der Waals surface area contributed by atoms with Gasteiger partial charge in [-0.1, -0.05) is 35.9 Å². The Bertz CT molecular complexity index is 909. The van der Waals surface area contributed by atoms with Crippen molar-refractivity contribution in [1.29, 1.82) is 0 Å². The van der Waals surface area contributed by atoms with Crippen LogP contribution in [0.2, 0.25) is 0 Å². The first-order valence-electron chi connectivity index (χ1n) is 10.9. The Morgan fingerprint density at radius 3 is 2.70 bits per heavy atom. The summed E-state index contributed by atoms with van der Waals surface area (Å²) in [7, 11) is 0. The molecule has 5 nitrogen and oxygen atoms in total. The lowest BCUT2D eigenvalue weighted by Crippen LogP contribution is -2.44. The molecule has 0 spiro atoms. The number of nitrogens with one attached hydrogen (secondary N) is 2. The molecule has 1 fully saturated rings. The van der Waals surface area contributed by atoms with Gasteiger partial charge in [0.1, 0.15) is 0 Å². The molecule has 1 aliphatic heterocycles. The Hall–Kier alpha value is -2.82. The van der Waals surface area contributed by atoms with E-state index in [9.17, 15) is 9.59 Å². The van der Waals surface area contributed by atoms with Gasteiger partial charge < -0.3 is 15.5 Å². The molecular weight excluding hydrogens is 374 g/mol. The summed E-state index contributed by atoms with van der Waals surface area (Å²) in [4.78, 5) is 27.0. The van der Waals surface area contributed by atoms with E-state index in [-0.39, 0.29) is 23.9 Å². The third kappa shape index (κ3) is 5.21. The molecule has 2 N–H and O–H groups in total. The lowest BCUT2D eigenvalue weighted by molar-refractivity contribution is 0.0939. The van der Waals surface area contributed by atoms with Crippen LogP contribution in [-0.2, 0) is 0 Å². The van der Waals surface area contributed by atoms with E-state index < -0.39 is 0 Å². The van der Waals surface area contributed by atoms with E-state index in [1.807, 2.05) is 36.9 Å². The van der Waals surface area contributed by atoms with Crippen LogP contribution in [0.25, 0.3) is 0 Å². The predicted molar refractivity (Wildman–Crippen MR) is 121 cm³/mol. The molecule has 1 aliphatic rings. The van der Waals surface area contributed by atoms with Gasteiger partial charge in [0.15, 0.2) is 0 Å². The van der Waals surface area contributed by atoms with E-state index in [0.717, 1.165) is 30.5 Å². The summed E-state index contributed by atoms with van der Waals surface area (Å²) >= 11 is 0. The van der Waals surface area contributed by atoms with Crippen LogP contribution in [-0.4, -0.2) is 36.5 Å². The van der Waals surface area contributed by atoms with E-state index in [1.54, 1.807) is 0 Å². The molecule has 2 aromatic carbocycles. The molecule has 30 heavy (non-hydrogen) atoms. The highest BCUT2D eigenvalue weighted by Crippen LogP contribution is 2.28. The summed E-state index contributed by atoms with van der Waals surface area (Å²) < 4.78 is 0. The Balaban J connectivity index is 1.70. The average molecular weight is 408 g/mol. The number of hydrogen-bond acceptors (Lipinski definition) is 2. The molecule has 2 atom stereocenters. The molecule has 0 unspecified atom stereocenters. The van der Waals surface area contributed by atoms with Crippen molar-refractivity contribution in [3.63, 3.8) is 0 Å². The maximum Gasteiger partial charge on any atom is 0.317 e. The zero-order valence-corrected chi connectivity index (χ0v) is 18.5. The summed E-state index contributed by atoms with van der Waals surface area (Å²) in [5.41, 5.74) is 5.32. The molecule has 3 rings (SSSR count). The molecule has 1 saturated heterocycles. The molecule has 1 heterocycles. The number of rotatable bonds is 5. The lowest BCUT2D eigenvalue weighted by atomic mass is 9.89. The number of piperidine rings is 1. The highest BCUT2D eigenvalue weighted by Gasteiger charge is 2.25. The van der Waals surface area contributed by atoms with Gasteiger partial charge in [-0.3, -0.25) is 4.79 Å². The third-order valence-electron chi connectivity index (χ3n) is 5.90. The number of carbonyl (C=O) groups is 2. The monoisotopic (exact) mass is 407 g/mol. The molecule has 3 amide bonds. The Morgan fingerprint density at radius 1 is 1.17 bits per heavy atom. The first-order valence-corrected chi connectivity index (χ1v) is 10.9. The van der Waals surface area contributed by atoms with Crippen LogP contribution in [0.1, 0.15) is 71.3 Å². The molecule has 0 bridgehead atoms. The highest BCUT2D eigenvalue weighted by atomic mass is 16.2. The normalized spacial score (nSPS) is 17.3. The number of aryl methyl sites for hydroxylation is 2. The summed E-state index contributed by atoms with van der Waals surface area (Å²) in [5.74, 6) is 0.187. The van der Waals surface area contributed by atoms with Crippen LogP contribution in [0.15, 0.2) is 42.5 Å². The van der Waals surface area contributed by atoms with Crippen molar-refractivity contribution in [3.8, 4) is 0 Å². The largest absolute Gasteiger partial charge is 0.346 e. The second-order valence-electron chi connectivity index (χ2n) is 8.30. The van der Waals surface area contributed by atoms with Crippen LogP contribution in [0, 0.1) is 13.8 Å². The predicted octanol–water partition coefficient (Wildman–Crippen LogP) is 4.70. The van der Waals surface area contributed by atoms with E-state index in [0.29, 0.717) is 18.7 Å². The summed E-state index contributed by atoms with van der Waals surface area (Å²) in [6.07, 6.45) is 2.00. The van der Waals surface area contributed by atoms with Crippen molar-refractivity contribution >= 4 is 11.9 Å². The molecule has 160 valence electrons. The van der Waals surface area contributed by atoms with Crippen LogP contribution in [0.3, 0.4) is 0 Å². The van der Waals surface area contributed by atoms with Gasteiger partial charge >= 0.3 is 6.03 Å². The Morgan fingerprint density at radius 2 is 1.97 bits per heavy atom. The van der Waals surface area contributed by atoms with Crippen molar-refractivity contribution in [1.82, 2.24) is 15.5 Å². The summed E-state index contributed by atoms with van der Waals surface area (Å²) in [6.45, 7) is 10.2. The van der Waals surface area contributed by atoms with Gasteiger partial charge in [0.25, 0.3) is 5.91 Å². The number of amides is 3. The van der Waals surface area contributed by atoms with Crippen LogP contribution >= 0.6 is 0 Å². The number of nitrogens with zero attached hydrogens (tertiary/aromatic N) is 1. The van der Waals surface area contributed by atoms with E-state index in [2.05, 4.69) is 48.7 Å². The number of hydrogen-bond donors (Lipinski definition) is 2. The lowest BCUT2D eigenvalue weighted by Gasteiger charge is -2.33. The van der Waals surface area contributed by atoms with Gasteiger partial charge in [0.05, 0.1) is 6.04 Å². The van der Waals surface area contributed by atoms with Gasteiger partial charge in [-0.25, -0.2) is 4.79 Å². The minimum Gasteiger partial charge on any atom is -0.346 e. The van der Waals surface area contributed by atoms with E-state index >= 15 is 0 Å². The SMILES string of the molecule is CCNC(=O)N1CCC[C@H](c2cccc(C(=O)N[C@@H](C)c3ccc(C)cc3C)c2)C1. The highest BCUT2D eigenvalue weighted by molar-refractivity contribution is 5.94. The first-order chi connectivity index (χ1) is 14.4. The number of carbonyl (C=O) groups excluding carboxylic acids is 2. The van der Waals surface area contributed by atoms with Gasteiger partial charge in [-0.15, -0.1) is 0 Å². The number of likely N-dealkylation sites (tertiary alicyclic amines) is 1. The fourth-order valence-electron chi connectivity index (χ4n) is 4.30. The Labute approximate surface area is 179 Å². The van der Waals surface area contributed by atoms with Crippen molar-refractivity contribution in [2.45, 2.75) is 52.5 Å². The summed E-state index contributed by atoms with van der Waals surface area (Å²) in [5, 5.41) is 6.02. The standard InChI is InChI=1S/C25H33N3O2/c1-5-26-25(30)28-13-7-10-22(16-28)20-8-6-9-21(15-20)24(29)27-19(4)23-12-11-17(2)14-18(23)3/h6,8-9,11-12,14-15,19,22H,5,7,10,13,16H2,1-4H3,(H,26,30)(H,27,29)/t19-,22-/m0/s1. The molecule has 2 aromatic rings. The number of urea groups is 1. The zero-order chi connectivity index (χ0) is 21.7.